The summed E-state index contributed by atoms with van der Waals surface area (Å²) in [7, 11) is 0. The molecule has 0 atom stereocenters. The number of halogens is 1. The summed E-state index contributed by atoms with van der Waals surface area (Å²) in [6.45, 7) is 8.58. The maximum atomic E-state index is 6.11. The minimum Gasteiger partial charge on any atom is -0.328 e. The highest BCUT2D eigenvalue weighted by molar-refractivity contribution is 6.31. The van der Waals surface area contributed by atoms with E-state index in [4.69, 9.17) is 16.6 Å². The molecule has 0 radical (unpaired) electrons. The molecule has 0 aliphatic carbocycles. The minimum atomic E-state index is 0.545. The zero-order valence-corrected chi connectivity index (χ0v) is 13.4. The van der Waals surface area contributed by atoms with E-state index in [1.807, 2.05) is 18.2 Å². The van der Waals surface area contributed by atoms with Crippen molar-refractivity contribution in [2.45, 2.75) is 52.6 Å². The molecule has 0 bridgehead atoms. The van der Waals surface area contributed by atoms with Crippen LogP contribution in [0, 0.1) is 0 Å². The quantitative estimate of drug-likeness (QED) is 0.781. The molecule has 4 heteroatoms. The van der Waals surface area contributed by atoms with Crippen LogP contribution < -0.4 is 5.32 Å². The summed E-state index contributed by atoms with van der Waals surface area (Å²) < 4.78 is 2.32. The van der Waals surface area contributed by atoms with Crippen molar-refractivity contribution in [2.75, 3.05) is 6.54 Å². The second-order valence-corrected chi connectivity index (χ2v) is 5.96. The summed E-state index contributed by atoms with van der Waals surface area (Å²) in [5.41, 5.74) is 2.21. The standard InChI is InChI=1S/C16H24ClN3/c1-4-10-20-15-11-13(17)7-8-14(15)19-16(20)6-5-9-18-12(2)3/h7-8,11-12,18H,4-6,9-10H2,1-3H3. The lowest BCUT2D eigenvalue weighted by Gasteiger charge is -2.09. The number of nitrogens with zero attached hydrogens (tertiary/aromatic N) is 2. The van der Waals surface area contributed by atoms with Crippen LogP contribution in [0.5, 0.6) is 0 Å². The fourth-order valence-corrected chi connectivity index (χ4v) is 2.61. The average molecular weight is 294 g/mol. The second kappa shape index (κ2) is 7.09. The molecule has 1 aromatic heterocycles. The van der Waals surface area contributed by atoms with Gasteiger partial charge in [0.2, 0.25) is 0 Å². The Labute approximate surface area is 126 Å². The highest BCUT2D eigenvalue weighted by atomic mass is 35.5. The Morgan fingerprint density at radius 3 is 2.85 bits per heavy atom. The van der Waals surface area contributed by atoms with E-state index in [1.165, 1.54) is 5.82 Å². The van der Waals surface area contributed by atoms with Crippen molar-refractivity contribution in [3.05, 3.63) is 29.0 Å². The zero-order chi connectivity index (χ0) is 14.5. The molecule has 0 amide bonds. The van der Waals surface area contributed by atoms with Crippen LogP contribution in [-0.2, 0) is 13.0 Å². The summed E-state index contributed by atoms with van der Waals surface area (Å²) in [5, 5.41) is 4.23. The topological polar surface area (TPSA) is 29.9 Å². The number of rotatable bonds is 7. The van der Waals surface area contributed by atoms with Gasteiger partial charge in [0, 0.05) is 24.0 Å². The van der Waals surface area contributed by atoms with Crippen LogP contribution in [0.3, 0.4) is 0 Å². The van der Waals surface area contributed by atoms with E-state index in [1.54, 1.807) is 0 Å². The molecule has 1 N–H and O–H groups in total. The van der Waals surface area contributed by atoms with Crippen LogP contribution in [0.15, 0.2) is 18.2 Å². The summed E-state index contributed by atoms with van der Waals surface area (Å²) >= 11 is 6.11. The van der Waals surface area contributed by atoms with E-state index < -0.39 is 0 Å². The van der Waals surface area contributed by atoms with Gasteiger partial charge in [0.1, 0.15) is 5.82 Å². The fourth-order valence-electron chi connectivity index (χ4n) is 2.45. The lowest BCUT2D eigenvalue weighted by Crippen LogP contribution is -2.24. The highest BCUT2D eigenvalue weighted by Gasteiger charge is 2.10. The van der Waals surface area contributed by atoms with E-state index in [9.17, 15) is 0 Å². The SMILES string of the molecule is CCCn1c(CCCNC(C)C)nc2ccc(Cl)cc21. The molecule has 0 fully saturated rings. The number of benzene rings is 1. The zero-order valence-electron chi connectivity index (χ0n) is 12.6. The third kappa shape index (κ3) is 3.74. The highest BCUT2D eigenvalue weighted by Crippen LogP contribution is 2.21. The molecule has 3 nitrogen and oxygen atoms in total. The van der Waals surface area contributed by atoms with Crippen molar-refractivity contribution >= 4 is 22.6 Å². The van der Waals surface area contributed by atoms with Crippen molar-refractivity contribution in [3.63, 3.8) is 0 Å². The van der Waals surface area contributed by atoms with Gasteiger partial charge in [-0.2, -0.15) is 0 Å². The number of nitrogens with one attached hydrogen (secondary N) is 1. The number of hydrogen-bond acceptors (Lipinski definition) is 2. The van der Waals surface area contributed by atoms with Gasteiger partial charge in [0.15, 0.2) is 0 Å². The molecule has 0 aliphatic heterocycles. The van der Waals surface area contributed by atoms with Crippen molar-refractivity contribution in [1.82, 2.24) is 14.9 Å². The van der Waals surface area contributed by atoms with E-state index in [0.717, 1.165) is 48.4 Å². The van der Waals surface area contributed by atoms with Crippen LogP contribution in [0.2, 0.25) is 5.02 Å². The molecule has 2 rings (SSSR count). The summed E-state index contributed by atoms with van der Waals surface area (Å²) in [6.07, 6.45) is 3.22. The fraction of sp³-hybridized carbons (Fsp3) is 0.562. The van der Waals surface area contributed by atoms with Gasteiger partial charge in [-0.25, -0.2) is 4.98 Å². The molecule has 110 valence electrons. The van der Waals surface area contributed by atoms with E-state index in [-0.39, 0.29) is 0 Å². The largest absolute Gasteiger partial charge is 0.328 e. The Kier molecular flexibility index (Phi) is 5.44. The lowest BCUT2D eigenvalue weighted by molar-refractivity contribution is 0.556. The van der Waals surface area contributed by atoms with Gasteiger partial charge in [-0.05, 0) is 37.6 Å². The van der Waals surface area contributed by atoms with Crippen molar-refractivity contribution in [3.8, 4) is 0 Å². The molecule has 0 spiro atoms. The van der Waals surface area contributed by atoms with Gasteiger partial charge < -0.3 is 9.88 Å². The molecule has 0 saturated heterocycles. The maximum absolute atomic E-state index is 6.11. The van der Waals surface area contributed by atoms with Crippen molar-refractivity contribution in [1.29, 1.82) is 0 Å². The summed E-state index contributed by atoms with van der Waals surface area (Å²) in [6, 6.07) is 6.50. The van der Waals surface area contributed by atoms with Gasteiger partial charge in [0.25, 0.3) is 0 Å². The Hall–Kier alpha value is -1.06. The molecule has 20 heavy (non-hydrogen) atoms. The second-order valence-electron chi connectivity index (χ2n) is 5.53. The van der Waals surface area contributed by atoms with E-state index in [2.05, 4.69) is 30.7 Å². The number of aromatic nitrogens is 2. The van der Waals surface area contributed by atoms with Crippen LogP contribution >= 0.6 is 11.6 Å². The van der Waals surface area contributed by atoms with Gasteiger partial charge in [-0.1, -0.05) is 32.4 Å². The van der Waals surface area contributed by atoms with Crippen LogP contribution in [0.25, 0.3) is 11.0 Å². The number of aryl methyl sites for hydroxylation is 2. The van der Waals surface area contributed by atoms with Crippen molar-refractivity contribution in [2.24, 2.45) is 0 Å². The number of imidazole rings is 1. The lowest BCUT2D eigenvalue weighted by atomic mass is 10.2. The van der Waals surface area contributed by atoms with Gasteiger partial charge in [0.05, 0.1) is 11.0 Å². The van der Waals surface area contributed by atoms with Gasteiger partial charge >= 0.3 is 0 Å². The Bertz CT molecular complexity index is 560. The maximum Gasteiger partial charge on any atom is 0.109 e. The average Bonchev–Trinajstić information content (AvgIpc) is 2.73. The predicted octanol–water partition coefficient (Wildman–Crippen LogP) is 4.03. The van der Waals surface area contributed by atoms with Crippen LogP contribution in [-0.4, -0.2) is 22.1 Å². The van der Waals surface area contributed by atoms with Gasteiger partial charge in [-0.15, -0.1) is 0 Å². The van der Waals surface area contributed by atoms with Crippen molar-refractivity contribution < 1.29 is 0 Å². The first-order valence-electron chi connectivity index (χ1n) is 7.50. The smallest absolute Gasteiger partial charge is 0.109 e. The van der Waals surface area contributed by atoms with Crippen LogP contribution in [0.4, 0.5) is 0 Å². The first kappa shape index (κ1) is 15.3. The first-order chi connectivity index (χ1) is 9.61. The Morgan fingerprint density at radius 2 is 2.15 bits per heavy atom. The third-order valence-corrected chi connectivity index (χ3v) is 3.60. The van der Waals surface area contributed by atoms with Crippen LogP contribution in [0.1, 0.15) is 39.4 Å². The molecule has 2 aromatic rings. The Balaban J connectivity index is 2.16. The summed E-state index contributed by atoms with van der Waals surface area (Å²) in [5.74, 6) is 1.18. The predicted molar refractivity (Wildman–Crippen MR) is 86.5 cm³/mol. The molecule has 0 saturated carbocycles. The molecule has 0 aliphatic rings. The molecular weight excluding hydrogens is 270 g/mol. The molecule has 0 unspecified atom stereocenters. The number of fused-ring (bicyclic) bond motifs is 1. The molecular formula is C16H24ClN3. The monoisotopic (exact) mass is 293 g/mol. The summed E-state index contributed by atoms with van der Waals surface area (Å²) in [4.78, 5) is 4.77. The first-order valence-corrected chi connectivity index (χ1v) is 7.87. The van der Waals surface area contributed by atoms with Gasteiger partial charge in [-0.3, -0.25) is 0 Å². The van der Waals surface area contributed by atoms with E-state index in [0.29, 0.717) is 6.04 Å². The van der Waals surface area contributed by atoms with E-state index >= 15 is 0 Å². The minimum absolute atomic E-state index is 0.545. The molecule has 1 heterocycles. The normalized spacial score (nSPS) is 11.7. The number of hydrogen-bond donors (Lipinski definition) is 1. The Morgan fingerprint density at radius 1 is 1.35 bits per heavy atom. The molecule has 1 aromatic carbocycles. The third-order valence-electron chi connectivity index (χ3n) is 3.37.